The zero-order valence-electron chi connectivity index (χ0n) is 36.8. The van der Waals surface area contributed by atoms with Crippen LogP contribution in [0.1, 0.15) is 0 Å². The highest BCUT2D eigenvalue weighted by atomic mass is 15.2. The largest absolute Gasteiger partial charge is 0.309 e. The second kappa shape index (κ2) is 16.3. The Morgan fingerprint density at radius 2 is 0.676 bits per heavy atom. The topological polar surface area (TPSA) is 61.4 Å². The number of benzene rings is 9. The molecule has 0 N–H and O–H groups in total. The van der Waals surface area contributed by atoms with Crippen LogP contribution in [0.3, 0.4) is 0 Å². The van der Waals surface area contributed by atoms with Crippen LogP contribution in [0.5, 0.6) is 0 Å². The van der Waals surface area contributed by atoms with E-state index >= 15 is 0 Å². The lowest BCUT2D eigenvalue weighted by Crippen LogP contribution is -2.06. The normalized spacial score (nSPS) is 11.5. The molecule has 9 aromatic carbocycles. The highest BCUT2D eigenvalue weighted by molar-refractivity contribution is 6.29. The van der Waals surface area contributed by atoms with Gasteiger partial charge in [-0.15, -0.1) is 0 Å². The second-order valence-electron chi connectivity index (χ2n) is 17.0. The van der Waals surface area contributed by atoms with Crippen LogP contribution in [-0.4, -0.2) is 29.1 Å². The van der Waals surface area contributed by atoms with Crippen molar-refractivity contribution < 1.29 is 0 Å². The highest BCUT2D eigenvalue weighted by Crippen LogP contribution is 2.44. The third-order valence-corrected chi connectivity index (χ3v) is 13.0. The third-order valence-electron chi connectivity index (χ3n) is 13.0. The second-order valence-corrected chi connectivity index (χ2v) is 17.0. The summed E-state index contributed by atoms with van der Waals surface area (Å²) in [4.78, 5) is 20.9. The first-order valence-electron chi connectivity index (χ1n) is 22.9. The van der Waals surface area contributed by atoms with E-state index in [-0.39, 0.29) is 0 Å². The first kappa shape index (κ1) is 39.1. The van der Waals surface area contributed by atoms with Crippen LogP contribution in [0.15, 0.2) is 243 Å². The van der Waals surface area contributed by atoms with Gasteiger partial charge in [-0.25, -0.2) is 9.97 Å². The zero-order chi connectivity index (χ0) is 45.0. The molecule has 4 aromatic heterocycles. The van der Waals surface area contributed by atoms with Crippen LogP contribution in [0, 0.1) is 0 Å². The molecular formula is C62H40N6. The van der Waals surface area contributed by atoms with E-state index in [2.05, 4.69) is 215 Å². The van der Waals surface area contributed by atoms with Gasteiger partial charge in [-0.1, -0.05) is 200 Å². The Labute approximate surface area is 392 Å². The molecule has 68 heavy (non-hydrogen) atoms. The number of nitrogens with zero attached hydrogens (tertiary/aromatic N) is 6. The van der Waals surface area contributed by atoms with Crippen molar-refractivity contribution in [1.29, 1.82) is 0 Å². The number of para-hydroxylation sites is 3. The van der Waals surface area contributed by atoms with E-state index in [0.717, 1.165) is 99.8 Å². The molecule has 13 aromatic rings. The average Bonchev–Trinajstić information content (AvgIpc) is 3.94. The molecule has 0 radical (unpaired) electrons. The quantitative estimate of drug-likeness (QED) is 0.153. The summed E-state index contributed by atoms with van der Waals surface area (Å²) in [7, 11) is 0. The Morgan fingerprint density at radius 3 is 1.25 bits per heavy atom. The molecule has 0 spiro atoms. The number of fused-ring (bicyclic) bond motifs is 7. The first-order chi connectivity index (χ1) is 33.7. The van der Waals surface area contributed by atoms with Crippen LogP contribution in [0.25, 0.3) is 123 Å². The Morgan fingerprint density at radius 1 is 0.265 bits per heavy atom. The SMILES string of the molecule is c1ccc(-c2ccc(-c3nc(-c4ccccc4)nc(-n4c5ccccc5c5c6c7ccccc7n(-c7ccccc7-c7cc(-c8ccccc8)nc(-c8ccccc8)c7)c6ccc54)n3)cc2)cc1. The molecule has 13 rings (SSSR count). The molecule has 0 saturated heterocycles. The number of aromatic nitrogens is 6. The number of hydrogen-bond acceptors (Lipinski definition) is 4. The van der Waals surface area contributed by atoms with E-state index < -0.39 is 0 Å². The lowest BCUT2D eigenvalue weighted by Gasteiger charge is -2.16. The van der Waals surface area contributed by atoms with Crippen molar-refractivity contribution >= 4 is 43.6 Å². The maximum Gasteiger partial charge on any atom is 0.238 e. The van der Waals surface area contributed by atoms with Gasteiger partial charge in [0.05, 0.1) is 39.1 Å². The van der Waals surface area contributed by atoms with Crippen molar-refractivity contribution in [1.82, 2.24) is 29.1 Å². The van der Waals surface area contributed by atoms with E-state index in [1.807, 2.05) is 36.4 Å². The Hall–Kier alpha value is -9.26. The first-order valence-corrected chi connectivity index (χ1v) is 22.9. The van der Waals surface area contributed by atoms with Crippen molar-refractivity contribution in [3.05, 3.63) is 243 Å². The monoisotopic (exact) mass is 868 g/mol. The molecule has 0 unspecified atom stereocenters. The van der Waals surface area contributed by atoms with Crippen LogP contribution in [0.4, 0.5) is 0 Å². The Balaban J connectivity index is 1.04. The lowest BCUT2D eigenvalue weighted by molar-refractivity contribution is 0.953. The molecule has 0 amide bonds. The fourth-order valence-electron chi connectivity index (χ4n) is 9.86. The minimum atomic E-state index is 0.557. The minimum absolute atomic E-state index is 0.557. The summed E-state index contributed by atoms with van der Waals surface area (Å²) in [6, 6.07) is 85.1. The summed E-state index contributed by atoms with van der Waals surface area (Å²) in [5.74, 6) is 1.78. The van der Waals surface area contributed by atoms with Crippen molar-refractivity contribution in [2.24, 2.45) is 0 Å². The standard InChI is InChI=1S/C62H40N6/c1-5-19-41(20-6-1)42-33-35-46(36-34-42)61-64-60(45-25-11-4-12-26-45)65-62(66-61)68-55-32-18-15-29-50(55)59-57(68)38-37-56-58(59)49-28-14-17-31-54(49)67(56)53-30-16-13-27-48(53)47-39-51(43-21-7-2-8-22-43)63-52(40-47)44-23-9-3-10-24-44/h1-40H. The van der Waals surface area contributed by atoms with E-state index in [4.69, 9.17) is 19.9 Å². The summed E-state index contributed by atoms with van der Waals surface area (Å²) in [6.45, 7) is 0. The predicted molar refractivity (Wildman–Crippen MR) is 279 cm³/mol. The molecule has 0 saturated carbocycles. The van der Waals surface area contributed by atoms with Crippen molar-refractivity contribution in [2.45, 2.75) is 0 Å². The van der Waals surface area contributed by atoms with E-state index in [1.54, 1.807) is 0 Å². The fraction of sp³-hybridized carbons (Fsp3) is 0. The molecule has 6 nitrogen and oxygen atoms in total. The molecule has 6 heteroatoms. The van der Waals surface area contributed by atoms with Gasteiger partial charge in [0.2, 0.25) is 5.95 Å². The van der Waals surface area contributed by atoms with E-state index in [0.29, 0.717) is 17.6 Å². The maximum atomic E-state index is 5.30. The van der Waals surface area contributed by atoms with Gasteiger partial charge < -0.3 is 4.57 Å². The minimum Gasteiger partial charge on any atom is -0.309 e. The highest BCUT2D eigenvalue weighted by Gasteiger charge is 2.24. The van der Waals surface area contributed by atoms with E-state index in [9.17, 15) is 0 Å². The summed E-state index contributed by atoms with van der Waals surface area (Å²) in [5.41, 5.74) is 15.7. The van der Waals surface area contributed by atoms with Gasteiger partial charge in [0.25, 0.3) is 0 Å². The lowest BCUT2D eigenvalue weighted by atomic mass is 9.98. The number of hydrogen-bond donors (Lipinski definition) is 0. The van der Waals surface area contributed by atoms with Crippen molar-refractivity contribution in [3.63, 3.8) is 0 Å². The van der Waals surface area contributed by atoms with Gasteiger partial charge in [-0.3, -0.25) is 4.57 Å². The van der Waals surface area contributed by atoms with Crippen molar-refractivity contribution in [3.8, 4) is 79.2 Å². The molecule has 0 fully saturated rings. The van der Waals surface area contributed by atoms with E-state index in [1.165, 1.54) is 5.39 Å². The molecule has 0 aliphatic rings. The Kier molecular flexibility index (Phi) is 9.39. The molecule has 0 aliphatic carbocycles. The van der Waals surface area contributed by atoms with Gasteiger partial charge >= 0.3 is 0 Å². The number of rotatable bonds is 8. The van der Waals surface area contributed by atoms with Crippen molar-refractivity contribution in [2.75, 3.05) is 0 Å². The third kappa shape index (κ3) is 6.66. The predicted octanol–water partition coefficient (Wildman–Crippen LogP) is 15.5. The molecular weight excluding hydrogens is 829 g/mol. The fourth-order valence-corrected chi connectivity index (χ4v) is 9.86. The zero-order valence-corrected chi connectivity index (χ0v) is 36.8. The summed E-state index contributed by atoms with van der Waals surface area (Å²) in [5, 5.41) is 4.59. The van der Waals surface area contributed by atoms with Gasteiger partial charge in [0, 0.05) is 49.4 Å². The van der Waals surface area contributed by atoms with Crippen LogP contribution < -0.4 is 0 Å². The molecule has 0 atom stereocenters. The van der Waals surface area contributed by atoms with Gasteiger partial charge in [0.15, 0.2) is 11.6 Å². The molecule has 4 heterocycles. The molecule has 318 valence electrons. The van der Waals surface area contributed by atoms with Gasteiger partial charge in [-0.2, -0.15) is 9.97 Å². The summed E-state index contributed by atoms with van der Waals surface area (Å²) >= 11 is 0. The van der Waals surface area contributed by atoms with Crippen LogP contribution >= 0.6 is 0 Å². The van der Waals surface area contributed by atoms with Crippen LogP contribution in [0.2, 0.25) is 0 Å². The summed E-state index contributed by atoms with van der Waals surface area (Å²) < 4.78 is 4.65. The molecule has 0 aliphatic heterocycles. The van der Waals surface area contributed by atoms with Gasteiger partial charge in [0.1, 0.15) is 0 Å². The van der Waals surface area contributed by atoms with Gasteiger partial charge in [-0.05, 0) is 59.2 Å². The summed E-state index contributed by atoms with van der Waals surface area (Å²) in [6.07, 6.45) is 0. The Bertz CT molecular complexity index is 3930. The maximum absolute atomic E-state index is 5.30. The average molecular weight is 869 g/mol. The number of pyridine rings is 1. The smallest absolute Gasteiger partial charge is 0.238 e. The molecule has 0 bridgehead atoms. The van der Waals surface area contributed by atoms with Crippen LogP contribution in [-0.2, 0) is 0 Å².